The van der Waals surface area contributed by atoms with Crippen LogP contribution in [0.5, 0.6) is 0 Å². The number of urea groups is 1. The Morgan fingerprint density at radius 1 is 1.24 bits per heavy atom. The van der Waals surface area contributed by atoms with Crippen molar-refractivity contribution in [3.05, 3.63) is 53.5 Å². The molecule has 0 radical (unpaired) electrons. The van der Waals surface area contributed by atoms with Gasteiger partial charge in [-0.25, -0.2) is 4.79 Å². The molecule has 0 aliphatic carbocycles. The number of aromatic nitrogens is 2. The highest BCUT2D eigenvalue weighted by molar-refractivity contribution is 6.09. The summed E-state index contributed by atoms with van der Waals surface area (Å²) in [6.45, 7) is 7.39. The highest BCUT2D eigenvalue weighted by atomic mass is 16.5. The van der Waals surface area contributed by atoms with Crippen LogP contribution in [-0.2, 0) is 18.2 Å². The molecule has 9 nitrogen and oxygen atoms in total. The van der Waals surface area contributed by atoms with E-state index >= 15 is 0 Å². The third-order valence-corrected chi connectivity index (χ3v) is 7.61. The minimum absolute atomic E-state index is 0.107. The number of anilines is 1. The average Bonchev–Trinajstić information content (AvgIpc) is 3.37. The number of hydrogen-bond acceptors (Lipinski definition) is 5. The van der Waals surface area contributed by atoms with Crippen LogP contribution in [0.3, 0.4) is 0 Å². The fourth-order valence-electron chi connectivity index (χ4n) is 5.58. The monoisotopic (exact) mass is 503 g/mol. The molecule has 1 aromatic carbocycles. The number of carbonyl (C=O) groups excluding carboxylic acids is 1. The first-order valence-corrected chi connectivity index (χ1v) is 13.2. The van der Waals surface area contributed by atoms with Gasteiger partial charge < -0.3 is 25.2 Å². The first-order chi connectivity index (χ1) is 18.0. The number of amides is 2. The minimum atomic E-state index is -0.107. The normalized spacial score (nSPS) is 18.4. The first-order valence-electron chi connectivity index (χ1n) is 13.2. The van der Waals surface area contributed by atoms with E-state index < -0.39 is 0 Å². The quantitative estimate of drug-likeness (QED) is 0.428. The van der Waals surface area contributed by atoms with Crippen LogP contribution in [0.25, 0.3) is 17.2 Å². The first kappa shape index (κ1) is 25.1. The van der Waals surface area contributed by atoms with E-state index in [1.54, 1.807) is 11.9 Å². The Bertz CT molecular complexity index is 1230. The van der Waals surface area contributed by atoms with Crippen LogP contribution in [0.2, 0.25) is 0 Å². The van der Waals surface area contributed by atoms with E-state index in [1.165, 1.54) is 5.56 Å². The number of aryl methyl sites for hydroxylation is 2. The second-order valence-corrected chi connectivity index (χ2v) is 9.99. The summed E-state index contributed by atoms with van der Waals surface area (Å²) in [5.41, 5.74) is 7.45. The zero-order valence-electron chi connectivity index (χ0n) is 21.8. The highest BCUT2D eigenvalue weighted by Gasteiger charge is 2.31. The molecule has 2 aromatic rings. The van der Waals surface area contributed by atoms with Crippen molar-refractivity contribution in [2.75, 3.05) is 44.8 Å². The van der Waals surface area contributed by atoms with E-state index in [0.717, 1.165) is 79.1 Å². The fraction of sp³-hybridized carbons (Fsp3) is 0.464. The topological polar surface area (TPSA) is 98.5 Å². The second kappa shape index (κ2) is 10.8. The maximum Gasteiger partial charge on any atom is 0.317 e. The molecule has 3 N–H and O–H groups in total. The molecule has 0 bridgehead atoms. The third kappa shape index (κ3) is 5.13. The number of nitrogens with zero attached hydrogens (tertiary/aromatic N) is 4. The smallest absolute Gasteiger partial charge is 0.317 e. The average molecular weight is 504 g/mol. The zero-order valence-corrected chi connectivity index (χ0v) is 21.8. The van der Waals surface area contributed by atoms with E-state index in [0.29, 0.717) is 31.4 Å². The number of carbonyl (C=O) groups is 1. The van der Waals surface area contributed by atoms with Crippen molar-refractivity contribution in [2.45, 2.75) is 38.1 Å². The van der Waals surface area contributed by atoms with Crippen molar-refractivity contribution in [1.82, 2.24) is 25.3 Å². The van der Waals surface area contributed by atoms with E-state index in [4.69, 9.17) is 4.74 Å². The molecular formula is C28H37N7O2. The Labute approximate surface area is 218 Å². The molecule has 0 saturated carbocycles. The van der Waals surface area contributed by atoms with Crippen molar-refractivity contribution in [3.8, 4) is 11.1 Å². The molecule has 3 aliphatic heterocycles. The number of nitrogens with one attached hydrogen (secondary N) is 3. The predicted octanol–water partition coefficient (Wildman–Crippen LogP) is 3.53. The molecule has 3 aliphatic rings. The summed E-state index contributed by atoms with van der Waals surface area (Å²) in [7, 11) is 3.58. The summed E-state index contributed by atoms with van der Waals surface area (Å²) >= 11 is 0. The number of rotatable bonds is 5. The van der Waals surface area contributed by atoms with Gasteiger partial charge in [0.2, 0.25) is 0 Å². The molecule has 0 atom stereocenters. The number of hydrogen-bond donors (Lipinski definition) is 3. The van der Waals surface area contributed by atoms with Gasteiger partial charge in [-0.3, -0.25) is 10.1 Å². The summed E-state index contributed by atoms with van der Waals surface area (Å²) in [5, 5.41) is 20.2. The van der Waals surface area contributed by atoms with Crippen LogP contribution >= 0.6 is 0 Å². The Morgan fingerprint density at radius 3 is 2.76 bits per heavy atom. The summed E-state index contributed by atoms with van der Waals surface area (Å²) in [4.78, 5) is 16.4. The van der Waals surface area contributed by atoms with Gasteiger partial charge in [-0.1, -0.05) is 12.7 Å². The van der Waals surface area contributed by atoms with Gasteiger partial charge >= 0.3 is 6.03 Å². The Kier molecular flexibility index (Phi) is 7.32. The Hall–Kier alpha value is -3.59. The Morgan fingerprint density at radius 2 is 2.05 bits per heavy atom. The predicted molar refractivity (Wildman–Crippen MR) is 147 cm³/mol. The van der Waals surface area contributed by atoms with E-state index in [2.05, 4.69) is 39.3 Å². The number of ether oxygens (including phenoxy) is 1. The molecule has 196 valence electrons. The molecule has 1 aromatic heterocycles. The molecule has 1 fully saturated rings. The van der Waals surface area contributed by atoms with Gasteiger partial charge in [-0.05, 0) is 54.5 Å². The summed E-state index contributed by atoms with van der Waals surface area (Å²) in [5.74, 6) is 0.466. The van der Waals surface area contributed by atoms with Crippen LogP contribution in [0.1, 0.15) is 36.8 Å². The second-order valence-electron chi connectivity index (χ2n) is 9.99. The molecular weight excluding hydrogens is 466 g/mol. The van der Waals surface area contributed by atoms with Gasteiger partial charge in [0.25, 0.3) is 0 Å². The van der Waals surface area contributed by atoms with E-state index in [9.17, 15) is 10.2 Å². The lowest BCUT2D eigenvalue weighted by Gasteiger charge is -2.38. The van der Waals surface area contributed by atoms with Crippen molar-refractivity contribution in [1.29, 1.82) is 5.41 Å². The minimum Gasteiger partial charge on any atom is -0.385 e. The lowest BCUT2D eigenvalue weighted by atomic mass is 9.92. The lowest BCUT2D eigenvalue weighted by Crippen LogP contribution is -2.48. The lowest BCUT2D eigenvalue weighted by molar-refractivity contribution is 0.0798. The molecule has 9 heteroatoms. The molecule has 4 heterocycles. The van der Waals surface area contributed by atoms with Crippen molar-refractivity contribution >= 4 is 23.6 Å². The van der Waals surface area contributed by atoms with Gasteiger partial charge in [0, 0.05) is 81.6 Å². The van der Waals surface area contributed by atoms with Crippen LogP contribution < -0.4 is 15.5 Å². The van der Waals surface area contributed by atoms with E-state index in [-0.39, 0.29) is 6.03 Å². The summed E-state index contributed by atoms with van der Waals surface area (Å²) < 4.78 is 7.35. The van der Waals surface area contributed by atoms with Gasteiger partial charge in [-0.15, -0.1) is 0 Å². The maximum atomic E-state index is 12.5. The van der Waals surface area contributed by atoms with Crippen molar-refractivity contribution in [2.24, 2.45) is 7.05 Å². The number of amidine groups is 1. The van der Waals surface area contributed by atoms with Crippen LogP contribution in [0.15, 0.2) is 42.4 Å². The zero-order chi connectivity index (χ0) is 25.9. The molecule has 1 saturated heterocycles. The van der Waals surface area contributed by atoms with Gasteiger partial charge in [0.15, 0.2) is 0 Å². The standard InChI is InChI=1S/C28H37N7O2/c1-4-19-15-26-20(14-23(19)21-16-31-33(3)17-21)6-5-10-35(26)27(29)24-18-34(28(36)30-2)11-7-25(24)32-22-8-12-37-13-9-22/h4,14-17,22,29,32H,1,5-13,18H2,2-3H3,(H,30,36). The van der Waals surface area contributed by atoms with Crippen LogP contribution in [0.4, 0.5) is 10.5 Å². The fourth-order valence-corrected chi connectivity index (χ4v) is 5.58. The van der Waals surface area contributed by atoms with Gasteiger partial charge in [0.05, 0.1) is 12.7 Å². The third-order valence-electron chi connectivity index (χ3n) is 7.61. The largest absolute Gasteiger partial charge is 0.385 e. The SMILES string of the molecule is C=Cc1cc2c(cc1-c1cnn(C)c1)CCCN2C(=N)C1=C(NC2CCOCC2)CCN(C(=O)NC)C1. The highest BCUT2D eigenvalue weighted by Crippen LogP contribution is 2.36. The number of benzene rings is 1. The van der Waals surface area contributed by atoms with Crippen LogP contribution in [-0.4, -0.2) is 72.5 Å². The maximum absolute atomic E-state index is 12.5. The van der Waals surface area contributed by atoms with Crippen LogP contribution in [0, 0.1) is 5.41 Å². The van der Waals surface area contributed by atoms with Gasteiger partial charge in [-0.2, -0.15) is 5.10 Å². The summed E-state index contributed by atoms with van der Waals surface area (Å²) in [6.07, 6.45) is 10.3. The molecule has 0 spiro atoms. The summed E-state index contributed by atoms with van der Waals surface area (Å²) in [6, 6.07) is 4.62. The molecule has 37 heavy (non-hydrogen) atoms. The molecule has 0 unspecified atom stereocenters. The van der Waals surface area contributed by atoms with E-state index in [1.807, 2.05) is 30.2 Å². The molecule has 5 rings (SSSR count). The van der Waals surface area contributed by atoms with Crippen molar-refractivity contribution in [3.63, 3.8) is 0 Å². The van der Waals surface area contributed by atoms with Crippen molar-refractivity contribution < 1.29 is 9.53 Å². The molecule has 2 amide bonds. The Balaban J connectivity index is 1.50. The number of fused-ring (bicyclic) bond motifs is 1. The van der Waals surface area contributed by atoms with Gasteiger partial charge in [0.1, 0.15) is 5.84 Å².